The number of aromatic nitrogens is 2. The zero-order chi connectivity index (χ0) is 19.5. The molecule has 144 valence electrons. The van der Waals surface area contributed by atoms with Gasteiger partial charge in [0.25, 0.3) is 0 Å². The Kier molecular flexibility index (Phi) is 5.10. The van der Waals surface area contributed by atoms with Gasteiger partial charge in [-0.15, -0.1) is 0 Å². The minimum Gasteiger partial charge on any atom is -0.494 e. The van der Waals surface area contributed by atoms with E-state index in [1.54, 1.807) is 0 Å². The van der Waals surface area contributed by atoms with Crippen LogP contribution in [-0.4, -0.2) is 34.1 Å². The lowest BCUT2D eigenvalue weighted by atomic mass is 10.1. The van der Waals surface area contributed by atoms with E-state index in [1.807, 2.05) is 67.3 Å². The molecular weight excluding hydrogens is 354 g/mol. The molecule has 6 heteroatoms. The average molecular weight is 377 g/mol. The number of rotatable bonds is 6. The third-order valence-corrected chi connectivity index (χ3v) is 4.97. The molecule has 4 rings (SSSR count). The van der Waals surface area contributed by atoms with Crippen LogP contribution in [0.5, 0.6) is 5.75 Å². The van der Waals surface area contributed by atoms with Crippen molar-refractivity contribution in [2.75, 3.05) is 13.2 Å². The monoisotopic (exact) mass is 377 g/mol. The van der Waals surface area contributed by atoms with Gasteiger partial charge in [-0.1, -0.05) is 41.6 Å². The van der Waals surface area contributed by atoms with E-state index in [0.717, 1.165) is 22.4 Å². The third-order valence-electron chi connectivity index (χ3n) is 4.97. The molecule has 28 heavy (non-hydrogen) atoms. The van der Waals surface area contributed by atoms with Crippen molar-refractivity contribution in [1.82, 2.24) is 15.0 Å². The molecule has 1 aliphatic rings. The molecular formula is C22H23N3O3. The quantitative estimate of drug-likeness (QED) is 0.650. The number of carbonyl (C=O) groups is 1. The van der Waals surface area contributed by atoms with Crippen LogP contribution in [-0.2, 0) is 11.3 Å². The maximum absolute atomic E-state index is 12.5. The predicted molar refractivity (Wildman–Crippen MR) is 105 cm³/mol. The van der Waals surface area contributed by atoms with E-state index in [0.29, 0.717) is 37.8 Å². The summed E-state index contributed by atoms with van der Waals surface area (Å²) in [6.07, 6.45) is 0.389. The lowest BCUT2D eigenvalue weighted by Crippen LogP contribution is -2.24. The number of benzene rings is 2. The number of aryl methyl sites for hydroxylation is 1. The largest absolute Gasteiger partial charge is 0.494 e. The Morgan fingerprint density at radius 3 is 2.89 bits per heavy atom. The van der Waals surface area contributed by atoms with E-state index in [9.17, 15) is 4.79 Å². The molecule has 1 aromatic heterocycles. The van der Waals surface area contributed by atoms with Crippen molar-refractivity contribution >= 4 is 5.91 Å². The van der Waals surface area contributed by atoms with Crippen LogP contribution in [0.15, 0.2) is 53.1 Å². The van der Waals surface area contributed by atoms with Gasteiger partial charge in [0.2, 0.25) is 17.6 Å². The molecule has 1 atom stereocenters. The van der Waals surface area contributed by atoms with E-state index in [-0.39, 0.29) is 11.8 Å². The highest BCUT2D eigenvalue weighted by molar-refractivity contribution is 5.79. The maximum Gasteiger partial charge on any atom is 0.232 e. The van der Waals surface area contributed by atoms with Gasteiger partial charge in [0, 0.05) is 25.1 Å². The first kappa shape index (κ1) is 18.2. The molecule has 1 aliphatic heterocycles. The van der Waals surface area contributed by atoms with E-state index in [1.165, 1.54) is 0 Å². The first-order valence-electron chi connectivity index (χ1n) is 9.53. The number of carbonyl (C=O) groups excluding carboxylic acids is 1. The van der Waals surface area contributed by atoms with Crippen molar-refractivity contribution in [1.29, 1.82) is 0 Å². The second kappa shape index (κ2) is 7.84. The molecule has 0 spiro atoms. The first-order chi connectivity index (χ1) is 13.6. The summed E-state index contributed by atoms with van der Waals surface area (Å²) in [5.41, 5.74) is 3.09. The van der Waals surface area contributed by atoms with E-state index in [2.05, 4.69) is 10.1 Å². The van der Waals surface area contributed by atoms with Crippen LogP contribution in [0, 0.1) is 6.92 Å². The van der Waals surface area contributed by atoms with E-state index < -0.39 is 0 Å². The first-order valence-corrected chi connectivity index (χ1v) is 9.53. The van der Waals surface area contributed by atoms with Crippen molar-refractivity contribution in [3.63, 3.8) is 0 Å². The fraction of sp³-hybridized carbons (Fsp3) is 0.318. The van der Waals surface area contributed by atoms with Gasteiger partial charge in [-0.05, 0) is 37.1 Å². The summed E-state index contributed by atoms with van der Waals surface area (Å²) >= 11 is 0. The zero-order valence-electron chi connectivity index (χ0n) is 16.1. The molecule has 0 aliphatic carbocycles. The summed E-state index contributed by atoms with van der Waals surface area (Å²) in [6.45, 7) is 5.72. The van der Waals surface area contributed by atoms with Gasteiger partial charge in [-0.3, -0.25) is 4.79 Å². The van der Waals surface area contributed by atoms with Crippen LogP contribution in [0.4, 0.5) is 0 Å². The lowest BCUT2D eigenvalue weighted by Gasteiger charge is -2.16. The fourth-order valence-corrected chi connectivity index (χ4v) is 3.55. The van der Waals surface area contributed by atoms with Crippen molar-refractivity contribution in [2.24, 2.45) is 0 Å². The average Bonchev–Trinajstić information content (AvgIpc) is 3.30. The maximum atomic E-state index is 12.5. The number of likely N-dealkylation sites (tertiary alicyclic amines) is 1. The zero-order valence-corrected chi connectivity index (χ0v) is 16.1. The summed E-state index contributed by atoms with van der Waals surface area (Å²) in [4.78, 5) is 18.9. The number of ether oxygens (including phenoxy) is 1. The van der Waals surface area contributed by atoms with Gasteiger partial charge in [0.1, 0.15) is 5.75 Å². The van der Waals surface area contributed by atoms with Gasteiger partial charge in [0.05, 0.1) is 12.5 Å². The summed E-state index contributed by atoms with van der Waals surface area (Å²) in [5.74, 6) is 1.94. The molecule has 1 fully saturated rings. The number of nitrogens with zero attached hydrogens (tertiary/aromatic N) is 3. The standard InChI is InChI=1S/C22H23N3O3/c1-3-27-18-9-6-8-16(11-18)13-25-14-17(12-20(25)26)22-23-21(24-28-22)19-10-5-4-7-15(19)2/h4-11,17H,3,12-14H2,1-2H3. The summed E-state index contributed by atoms with van der Waals surface area (Å²) < 4.78 is 11.0. The Morgan fingerprint density at radius 2 is 2.07 bits per heavy atom. The molecule has 0 radical (unpaired) electrons. The Bertz CT molecular complexity index is 982. The van der Waals surface area contributed by atoms with Crippen LogP contribution >= 0.6 is 0 Å². The molecule has 2 heterocycles. The van der Waals surface area contributed by atoms with Crippen LogP contribution < -0.4 is 4.74 Å². The van der Waals surface area contributed by atoms with Gasteiger partial charge in [-0.2, -0.15) is 4.98 Å². The van der Waals surface area contributed by atoms with E-state index in [4.69, 9.17) is 9.26 Å². The molecule has 1 unspecified atom stereocenters. The van der Waals surface area contributed by atoms with Crippen molar-refractivity contribution in [3.05, 3.63) is 65.5 Å². The normalized spacial score (nSPS) is 16.6. The highest BCUT2D eigenvalue weighted by Crippen LogP contribution is 2.30. The molecule has 0 bridgehead atoms. The SMILES string of the molecule is CCOc1cccc(CN2CC(c3nc(-c4ccccc4C)no3)CC2=O)c1. The predicted octanol–water partition coefficient (Wildman–Crippen LogP) is 3.96. The topological polar surface area (TPSA) is 68.5 Å². The Hall–Kier alpha value is -3.15. The second-order valence-corrected chi connectivity index (χ2v) is 7.03. The highest BCUT2D eigenvalue weighted by atomic mass is 16.5. The smallest absolute Gasteiger partial charge is 0.232 e. The number of hydrogen-bond acceptors (Lipinski definition) is 5. The minimum atomic E-state index is -0.0761. The number of amides is 1. The van der Waals surface area contributed by atoms with Crippen LogP contribution in [0.25, 0.3) is 11.4 Å². The molecule has 0 saturated carbocycles. The van der Waals surface area contributed by atoms with Crippen molar-refractivity contribution < 1.29 is 14.1 Å². The van der Waals surface area contributed by atoms with Gasteiger partial charge in [-0.25, -0.2) is 0 Å². The summed E-state index contributed by atoms with van der Waals surface area (Å²) in [7, 11) is 0. The highest BCUT2D eigenvalue weighted by Gasteiger charge is 2.34. The van der Waals surface area contributed by atoms with Crippen LogP contribution in [0.3, 0.4) is 0 Å². The third kappa shape index (κ3) is 3.76. The molecule has 6 nitrogen and oxygen atoms in total. The molecule has 0 N–H and O–H groups in total. The van der Waals surface area contributed by atoms with Crippen LogP contribution in [0.1, 0.15) is 36.3 Å². The van der Waals surface area contributed by atoms with Crippen molar-refractivity contribution in [2.45, 2.75) is 32.7 Å². The van der Waals surface area contributed by atoms with Crippen molar-refractivity contribution in [3.8, 4) is 17.1 Å². The van der Waals surface area contributed by atoms with Gasteiger partial charge in [0.15, 0.2) is 0 Å². The Labute approximate surface area is 164 Å². The Balaban J connectivity index is 1.47. The molecule has 1 saturated heterocycles. The lowest BCUT2D eigenvalue weighted by molar-refractivity contribution is -0.128. The van der Waals surface area contributed by atoms with Gasteiger partial charge < -0.3 is 14.2 Å². The van der Waals surface area contributed by atoms with Gasteiger partial charge >= 0.3 is 0 Å². The van der Waals surface area contributed by atoms with Crippen LogP contribution in [0.2, 0.25) is 0 Å². The minimum absolute atomic E-state index is 0.0761. The molecule has 2 aromatic carbocycles. The molecule has 1 amide bonds. The van der Waals surface area contributed by atoms with E-state index >= 15 is 0 Å². The Morgan fingerprint density at radius 1 is 1.21 bits per heavy atom. The fourth-order valence-electron chi connectivity index (χ4n) is 3.55. The molecule has 3 aromatic rings. The second-order valence-electron chi connectivity index (χ2n) is 7.03. The summed E-state index contributed by atoms with van der Waals surface area (Å²) in [6, 6.07) is 15.8. The summed E-state index contributed by atoms with van der Waals surface area (Å²) in [5, 5.41) is 4.13. The number of hydrogen-bond donors (Lipinski definition) is 0.